The fourth-order valence-corrected chi connectivity index (χ4v) is 5.79. The van der Waals surface area contributed by atoms with Gasteiger partial charge >= 0.3 is 5.97 Å². The third-order valence-corrected chi connectivity index (χ3v) is 7.82. The van der Waals surface area contributed by atoms with Crippen molar-refractivity contribution in [2.24, 2.45) is 0 Å². The maximum atomic E-state index is 13.1. The van der Waals surface area contributed by atoms with Crippen molar-refractivity contribution in [2.45, 2.75) is 24.2 Å². The van der Waals surface area contributed by atoms with E-state index < -0.39 is 16.0 Å². The number of halogens is 1. The Bertz CT molecular complexity index is 1470. The Morgan fingerprint density at radius 3 is 2.56 bits per heavy atom. The predicted octanol–water partition coefficient (Wildman–Crippen LogP) is 5.17. The second-order valence-corrected chi connectivity index (χ2v) is 10.2. The molecule has 1 saturated heterocycles. The van der Waals surface area contributed by atoms with E-state index in [1.165, 1.54) is 22.5 Å². The number of rotatable bonds is 4. The number of aromatic nitrogens is 1. The van der Waals surface area contributed by atoms with Crippen LogP contribution in [-0.4, -0.2) is 41.9 Å². The van der Waals surface area contributed by atoms with Gasteiger partial charge in [0.25, 0.3) is 0 Å². The molecule has 4 aromatic rings. The van der Waals surface area contributed by atoms with Crippen LogP contribution in [0.5, 0.6) is 0 Å². The van der Waals surface area contributed by atoms with Gasteiger partial charge in [-0.1, -0.05) is 18.0 Å². The number of sulfonamides is 1. The number of aromatic carboxylic acids is 1. The molecule has 1 fully saturated rings. The number of furan rings is 1. The number of carboxylic acid groups (broad SMARTS) is 1. The Hall–Kier alpha value is -2.94. The number of carbonyl (C=O) groups is 1. The molecule has 0 spiro atoms. The summed E-state index contributed by atoms with van der Waals surface area (Å²) >= 11 is 6.04. The molecular formula is C23H19ClN2O5S. The van der Waals surface area contributed by atoms with Gasteiger partial charge in [0.05, 0.1) is 16.0 Å². The summed E-state index contributed by atoms with van der Waals surface area (Å²) in [5.41, 5.74) is 1.27. The van der Waals surface area contributed by atoms with E-state index in [-0.39, 0.29) is 15.8 Å². The zero-order valence-electron chi connectivity index (χ0n) is 16.9. The van der Waals surface area contributed by atoms with E-state index in [0.29, 0.717) is 40.7 Å². The SMILES string of the molecule is O=C(O)c1cc(-c2cc3cc(Cl)ccc3o2)nc2ccc(S(=O)(=O)N3CCCCC3)cc12. The average molecular weight is 471 g/mol. The Morgan fingerprint density at radius 1 is 1.03 bits per heavy atom. The highest BCUT2D eigenvalue weighted by molar-refractivity contribution is 7.89. The van der Waals surface area contributed by atoms with Crippen LogP contribution in [-0.2, 0) is 10.0 Å². The molecule has 0 radical (unpaired) electrons. The van der Waals surface area contributed by atoms with Crippen molar-refractivity contribution in [2.75, 3.05) is 13.1 Å². The summed E-state index contributed by atoms with van der Waals surface area (Å²) in [6.45, 7) is 0.943. The van der Waals surface area contributed by atoms with Gasteiger partial charge in [-0.2, -0.15) is 4.31 Å². The summed E-state index contributed by atoms with van der Waals surface area (Å²) in [5, 5.41) is 11.4. The maximum absolute atomic E-state index is 13.1. The molecular weight excluding hydrogens is 452 g/mol. The molecule has 5 rings (SSSR count). The quantitative estimate of drug-likeness (QED) is 0.441. The Balaban J connectivity index is 1.64. The van der Waals surface area contributed by atoms with Gasteiger partial charge < -0.3 is 9.52 Å². The summed E-state index contributed by atoms with van der Waals surface area (Å²) in [4.78, 5) is 16.7. The van der Waals surface area contributed by atoms with Gasteiger partial charge in [0.15, 0.2) is 5.76 Å². The molecule has 0 bridgehead atoms. The normalized spacial score (nSPS) is 15.4. The van der Waals surface area contributed by atoms with Gasteiger partial charge in [-0.15, -0.1) is 0 Å². The smallest absolute Gasteiger partial charge is 0.336 e. The lowest BCUT2D eigenvalue weighted by atomic mass is 10.1. The molecule has 3 heterocycles. The first-order valence-electron chi connectivity index (χ1n) is 10.2. The van der Waals surface area contributed by atoms with Crippen LogP contribution >= 0.6 is 11.6 Å². The summed E-state index contributed by atoms with van der Waals surface area (Å²) in [6, 6.07) is 12.8. The summed E-state index contributed by atoms with van der Waals surface area (Å²) in [6.07, 6.45) is 2.65. The molecule has 1 aliphatic heterocycles. The topological polar surface area (TPSA) is 101 Å². The molecule has 7 nitrogen and oxygen atoms in total. The van der Waals surface area contributed by atoms with Crippen LogP contribution in [0.4, 0.5) is 0 Å². The second kappa shape index (κ2) is 7.88. The van der Waals surface area contributed by atoms with Gasteiger partial charge in [0.2, 0.25) is 10.0 Å². The number of piperidine rings is 1. The van der Waals surface area contributed by atoms with Crippen LogP contribution in [0.2, 0.25) is 5.02 Å². The van der Waals surface area contributed by atoms with Crippen molar-refractivity contribution in [3.63, 3.8) is 0 Å². The van der Waals surface area contributed by atoms with Crippen molar-refractivity contribution in [1.82, 2.24) is 9.29 Å². The monoisotopic (exact) mass is 470 g/mol. The minimum Gasteiger partial charge on any atom is -0.478 e. The lowest BCUT2D eigenvalue weighted by Gasteiger charge is -2.26. The van der Waals surface area contributed by atoms with Crippen molar-refractivity contribution < 1.29 is 22.7 Å². The number of pyridine rings is 1. The van der Waals surface area contributed by atoms with Gasteiger partial charge in [-0.3, -0.25) is 0 Å². The molecule has 2 aromatic carbocycles. The van der Waals surface area contributed by atoms with Crippen molar-refractivity contribution in [3.05, 3.63) is 59.1 Å². The Morgan fingerprint density at radius 2 is 1.81 bits per heavy atom. The van der Waals surface area contributed by atoms with Gasteiger partial charge in [-0.25, -0.2) is 18.2 Å². The van der Waals surface area contributed by atoms with Crippen molar-refractivity contribution in [3.8, 4) is 11.5 Å². The summed E-state index contributed by atoms with van der Waals surface area (Å²) in [5.74, 6) is -0.776. The molecule has 1 N–H and O–H groups in total. The Labute approximate surface area is 189 Å². The van der Waals surface area contributed by atoms with Crippen LogP contribution in [0, 0.1) is 0 Å². The minimum absolute atomic E-state index is 0.0424. The molecule has 0 atom stereocenters. The summed E-state index contributed by atoms with van der Waals surface area (Å²) < 4.78 is 33.4. The number of nitrogens with zero attached hydrogens (tertiary/aromatic N) is 2. The summed E-state index contributed by atoms with van der Waals surface area (Å²) in [7, 11) is -3.70. The first kappa shape index (κ1) is 20.9. The lowest BCUT2D eigenvalue weighted by molar-refractivity contribution is 0.0699. The number of fused-ring (bicyclic) bond motifs is 2. The number of hydrogen-bond donors (Lipinski definition) is 1. The van der Waals surface area contributed by atoms with E-state index in [1.54, 1.807) is 30.3 Å². The molecule has 9 heteroatoms. The molecule has 0 aliphatic carbocycles. The highest BCUT2D eigenvalue weighted by Crippen LogP contribution is 2.32. The number of hydrogen-bond acceptors (Lipinski definition) is 5. The standard InChI is InChI=1S/C23H19ClN2O5S/c24-15-4-7-21-14(10-15)11-22(31-21)20-13-18(23(27)28)17-12-16(5-6-19(17)25-20)32(29,30)26-8-2-1-3-9-26/h4-7,10-13H,1-3,8-9H2,(H,27,28). The zero-order chi connectivity index (χ0) is 22.5. The fraction of sp³-hybridized carbons (Fsp3) is 0.217. The first-order valence-corrected chi connectivity index (χ1v) is 12.0. The molecule has 164 valence electrons. The maximum Gasteiger partial charge on any atom is 0.336 e. The molecule has 0 saturated carbocycles. The van der Waals surface area contributed by atoms with Crippen molar-refractivity contribution >= 4 is 49.5 Å². The van der Waals surface area contributed by atoms with Crippen LogP contribution < -0.4 is 0 Å². The molecule has 2 aromatic heterocycles. The predicted molar refractivity (Wildman–Crippen MR) is 122 cm³/mol. The molecule has 0 amide bonds. The van der Waals surface area contributed by atoms with Crippen LogP contribution in [0.25, 0.3) is 33.3 Å². The van der Waals surface area contributed by atoms with E-state index in [4.69, 9.17) is 16.0 Å². The zero-order valence-corrected chi connectivity index (χ0v) is 18.5. The van der Waals surface area contributed by atoms with E-state index in [1.807, 2.05) is 0 Å². The number of benzene rings is 2. The second-order valence-electron chi connectivity index (χ2n) is 7.80. The largest absolute Gasteiger partial charge is 0.478 e. The fourth-order valence-electron chi connectivity index (χ4n) is 4.06. The third-order valence-electron chi connectivity index (χ3n) is 5.69. The van der Waals surface area contributed by atoms with E-state index in [0.717, 1.165) is 24.6 Å². The van der Waals surface area contributed by atoms with Gasteiger partial charge in [-0.05, 0) is 61.4 Å². The third kappa shape index (κ3) is 3.64. The highest BCUT2D eigenvalue weighted by atomic mass is 35.5. The Kier molecular flexibility index (Phi) is 5.16. The van der Waals surface area contributed by atoms with Crippen LogP contribution in [0.3, 0.4) is 0 Å². The highest BCUT2D eigenvalue weighted by Gasteiger charge is 2.27. The minimum atomic E-state index is -3.70. The van der Waals surface area contributed by atoms with Gasteiger partial charge in [0, 0.05) is 28.9 Å². The van der Waals surface area contributed by atoms with Crippen LogP contribution in [0.1, 0.15) is 29.6 Å². The van der Waals surface area contributed by atoms with E-state index in [9.17, 15) is 18.3 Å². The average Bonchev–Trinajstić information content (AvgIpc) is 3.21. The molecule has 0 unspecified atom stereocenters. The molecule has 32 heavy (non-hydrogen) atoms. The first-order chi connectivity index (χ1) is 15.3. The lowest BCUT2D eigenvalue weighted by Crippen LogP contribution is -2.35. The van der Waals surface area contributed by atoms with E-state index in [2.05, 4.69) is 4.98 Å². The number of carboxylic acids is 1. The van der Waals surface area contributed by atoms with Crippen molar-refractivity contribution in [1.29, 1.82) is 0 Å². The van der Waals surface area contributed by atoms with Gasteiger partial charge in [0.1, 0.15) is 11.3 Å². The molecule has 1 aliphatic rings. The van der Waals surface area contributed by atoms with E-state index >= 15 is 0 Å². The van der Waals surface area contributed by atoms with Crippen LogP contribution in [0.15, 0.2) is 57.8 Å².